The Morgan fingerprint density at radius 3 is 1.30 bits per heavy atom. The van der Waals surface area contributed by atoms with Crippen LogP contribution in [0.25, 0.3) is 0 Å². The van der Waals surface area contributed by atoms with Crippen molar-refractivity contribution >= 4 is 0 Å². The van der Waals surface area contributed by atoms with Crippen LogP contribution in [0.4, 0.5) is 0 Å². The number of hydrogen-bond donors (Lipinski definition) is 0. The molecule has 0 spiro atoms. The van der Waals surface area contributed by atoms with Gasteiger partial charge in [-0.2, -0.15) is 0 Å². The van der Waals surface area contributed by atoms with E-state index < -0.39 is 0 Å². The van der Waals surface area contributed by atoms with E-state index in [0.29, 0.717) is 12.2 Å². The largest absolute Gasteiger partial charge is 0.377 e. The minimum atomic E-state index is 0.375. The van der Waals surface area contributed by atoms with E-state index in [1.165, 1.54) is 0 Å². The second-order valence-corrected chi connectivity index (χ2v) is 2.85. The predicted octanol–water partition coefficient (Wildman–Crippen LogP) is 1.84. The van der Waals surface area contributed by atoms with Crippen molar-refractivity contribution in [3.05, 3.63) is 0 Å². The van der Waals surface area contributed by atoms with Gasteiger partial charge < -0.3 is 9.47 Å². The Morgan fingerprint density at radius 1 is 1.00 bits per heavy atom. The summed E-state index contributed by atoms with van der Waals surface area (Å²) in [4.78, 5) is 0. The molecule has 0 aromatic rings. The highest BCUT2D eigenvalue weighted by atomic mass is 16.6. The number of epoxide rings is 1. The van der Waals surface area contributed by atoms with Crippen molar-refractivity contribution in [2.24, 2.45) is 0 Å². The summed E-state index contributed by atoms with van der Waals surface area (Å²) >= 11 is 0. The molecule has 1 fully saturated rings. The van der Waals surface area contributed by atoms with Crippen LogP contribution in [0.1, 0.15) is 27.7 Å². The number of rotatable bonds is 2. The van der Waals surface area contributed by atoms with E-state index in [1.54, 1.807) is 0 Å². The van der Waals surface area contributed by atoms with Crippen molar-refractivity contribution in [3.63, 3.8) is 0 Å². The minimum Gasteiger partial charge on any atom is -0.377 e. The predicted molar refractivity (Wildman–Crippen MR) is 42.2 cm³/mol. The van der Waals surface area contributed by atoms with Crippen LogP contribution in [0.2, 0.25) is 0 Å². The van der Waals surface area contributed by atoms with Gasteiger partial charge in [0, 0.05) is 0 Å². The Morgan fingerprint density at radius 2 is 1.30 bits per heavy atom. The molecule has 0 amide bonds. The van der Waals surface area contributed by atoms with E-state index in [4.69, 9.17) is 4.74 Å². The molecular formula is C8H18O2. The van der Waals surface area contributed by atoms with Crippen molar-refractivity contribution in [2.75, 3.05) is 13.2 Å². The lowest BCUT2D eigenvalue weighted by molar-refractivity contribution is 0.0300. The summed E-state index contributed by atoms with van der Waals surface area (Å²) in [6.07, 6.45) is 0.750. The third-order valence-corrected chi connectivity index (χ3v) is 0.748. The third kappa shape index (κ3) is 15.7. The standard InChI is InChI=1S/C6H14O.C2H4O/c1-5(2)7-6(3)4;1-2-3-1/h5-6H,1-4H3;1-2H2. The molecule has 0 saturated carbocycles. The first-order valence-corrected chi connectivity index (χ1v) is 3.86. The van der Waals surface area contributed by atoms with E-state index in [2.05, 4.69) is 4.74 Å². The van der Waals surface area contributed by atoms with Gasteiger partial charge in [-0.05, 0) is 27.7 Å². The van der Waals surface area contributed by atoms with Gasteiger partial charge in [-0.1, -0.05) is 0 Å². The van der Waals surface area contributed by atoms with Gasteiger partial charge in [-0.25, -0.2) is 0 Å². The lowest BCUT2D eigenvalue weighted by atomic mass is 10.4. The average Bonchev–Trinajstić information content (AvgIpc) is 2.38. The van der Waals surface area contributed by atoms with Crippen LogP contribution in [-0.4, -0.2) is 25.4 Å². The second kappa shape index (κ2) is 5.69. The molecule has 2 heteroatoms. The van der Waals surface area contributed by atoms with Crippen LogP contribution >= 0.6 is 0 Å². The molecule has 0 atom stereocenters. The maximum atomic E-state index is 5.25. The summed E-state index contributed by atoms with van der Waals surface area (Å²) in [7, 11) is 0. The van der Waals surface area contributed by atoms with Gasteiger partial charge >= 0.3 is 0 Å². The highest BCUT2D eigenvalue weighted by Gasteiger charge is 1.94. The summed E-state index contributed by atoms with van der Waals surface area (Å²) < 4.78 is 9.75. The van der Waals surface area contributed by atoms with Crippen molar-refractivity contribution in [3.8, 4) is 0 Å². The second-order valence-electron chi connectivity index (χ2n) is 2.85. The highest BCUT2D eigenvalue weighted by Crippen LogP contribution is 1.93. The molecule has 1 aliphatic rings. The summed E-state index contributed by atoms with van der Waals surface area (Å²) in [6, 6.07) is 0. The van der Waals surface area contributed by atoms with E-state index in [1.807, 2.05) is 27.7 Å². The van der Waals surface area contributed by atoms with Gasteiger partial charge in [-0.15, -0.1) is 0 Å². The van der Waals surface area contributed by atoms with Gasteiger partial charge in [-0.3, -0.25) is 0 Å². The summed E-state index contributed by atoms with van der Waals surface area (Å²) in [5, 5.41) is 0. The number of hydrogen-bond acceptors (Lipinski definition) is 2. The fourth-order valence-electron chi connectivity index (χ4n) is 0.544. The molecular weight excluding hydrogens is 128 g/mol. The molecule has 0 aromatic heterocycles. The maximum absolute atomic E-state index is 5.25. The van der Waals surface area contributed by atoms with Gasteiger partial charge in [0.25, 0.3) is 0 Å². The molecule has 1 heterocycles. The molecule has 0 unspecified atom stereocenters. The van der Waals surface area contributed by atoms with Gasteiger partial charge in [0.05, 0.1) is 25.4 Å². The fraction of sp³-hybridized carbons (Fsp3) is 1.00. The Balaban J connectivity index is 0.000000219. The Kier molecular flexibility index (Phi) is 5.64. The normalized spacial score (nSPS) is 15.0. The molecule has 1 saturated heterocycles. The molecule has 0 N–H and O–H groups in total. The minimum absolute atomic E-state index is 0.375. The first-order chi connectivity index (χ1) is 4.63. The van der Waals surface area contributed by atoms with Crippen molar-refractivity contribution in [2.45, 2.75) is 39.9 Å². The van der Waals surface area contributed by atoms with E-state index in [9.17, 15) is 0 Å². The summed E-state index contributed by atoms with van der Waals surface area (Å²) in [5.41, 5.74) is 0. The quantitative estimate of drug-likeness (QED) is 0.554. The third-order valence-electron chi connectivity index (χ3n) is 0.748. The van der Waals surface area contributed by atoms with Crippen LogP contribution in [-0.2, 0) is 9.47 Å². The first kappa shape index (κ1) is 9.92. The van der Waals surface area contributed by atoms with Gasteiger partial charge in [0.1, 0.15) is 0 Å². The molecule has 62 valence electrons. The molecule has 1 aliphatic heterocycles. The molecule has 0 aromatic carbocycles. The summed E-state index contributed by atoms with van der Waals surface area (Å²) in [6.45, 7) is 10.2. The van der Waals surface area contributed by atoms with Gasteiger partial charge in [0.2, 0.25) is 0 Å². The fourth-order valence-corrected chi connectivity index (χ4v) is 0.544. The first-order valence-electron chi connectivity index (χ1n) is 3.86. The lowest BCUT2D eigenvalue weighted by Gasteiger charge is -2.09. The van der Waals surface area contributed by atoms with E-state index >= 15 is 0 Å². The molecule has 0 aliphatic carbocycles. The molecule has 0 bridgehead atoms. The van der Waals surface area contributed by atoms with Crippen LogP contribution in [0, 0.1) is 0 Å². The van der Waals surface area contributed by atoms with Crippen LogP contribution < -0.4 is 0 Å². The lowest BCUT2D eigenvalue weighted by Crippen LogP contribution is -2.09. The molecule has 1 rings (SSSR count). The highest BCUT2D eigenvalue weighted by molar-refractivity contribution is 4.40. The Bertz CT molecular complexity index is 58.9. The average molecular weight is 146 g/mol. The van der Waals surface area contributed by atoms with Gasteiger partial charge in [0.15, 0.2) is 0 Å². The zero-order valence-corrected chi connectivity index (χ0v) is 7.39. The Hall–Kier alpha value is -0.0800. The summed E-state index contributed by atoms with van der Waals surface area (Å²) in [5.74, 6) is 0. The zero-order chi connectivity index (χ0) is 7.98. The monoisotopic (exact) mass is 146 g/mol. The van der Waals surface area contributed by atoms with E-state index in [0.717, 1.165) is 13.2 Å². The zero-order valence-electron chi connectivity index (χ0n) is 7.39. The molecule has 0 radical (unpaired) electrons. The molecule has 2 nitrogen and oxygen atoms in total. The Labute approximate surface area is 63.5 Å². The van der Waals surface area contributed by atoms with Crippen molar-refractivity contribution < 1.29 is 9.47 Å². The number of ether oxygens (including phenoxy) is 2. The topological polar surface area (TPSA) is 21.8 Å². The van der Waals surface area contributed by atoms with Crippen molar-refractivity contribution in [1.82, 2.24) is 0 Å². The van der Waals surface area contributed by atoms with Crippen LogP contribution in [0.15, 0.2) is 0 Å². The van der Waals surface area contributed by atoms with Crippen LogP contribution in [0.3, 0.4) is 0 Å². The van der Waals surface area contributed by atoms with Crippen molar-refractivity contribution in [1.29, 1.82) is 0 Å². The molecule has 10 heavy (non-hydrogen) atoms. The maximum Gasteiger partial charge on any atom is 0.0701 e. The SMILES string of the molecule is C1CO1.CC(C)OC(C)C. The van der Waals surface area contributed by atoms with Crippen LogP contribution in [0.5, 0.6) is 0 Å². The van der Waals surface area contributed by atoms with E-state index in [-0.39, 0.29) is 0 Å². The smallest absolute Gasteiger partial charge is 0.0701 e.